The van der Waals surface area contributed by atoms with Gasteiger partial charge in [0.1, 0.15) is 0 Å². The lowest BCUT2D eigenvalue weighted by molar-refractivity contribution is -0.128. The van der Waals surface area contributed by atoms with Crippen molar-refractivity contribution < 1.29 is 4.79 Å². The van der Waals surface area contributed by atoms with Gasteiger partial charge in [-0.15, -0.1) is 0 Å². The van der Waals surface area contributed by atoms with Crippen molar-refractivity contribution in [2.75, 3.05) is 6.54 Å². The number of hydrogen-bond donors (Lipinski definition) is 0. The number of fused-ring (bicyclic) bond motifs is 1. The average molecular weight is 312 g/mol. The summed E-state index contributed by atoms with van der Waals surface area (Å²) in [5, 5.41) is 0.708. The van der Waals surface area contributed by atoms with Crippen molar-refractivity contribution in [3.63, 3.8) is 0 Å². The summed E-state index contributed by atoms with van der Waals surface area (Å²) in [5.74, 6) is 0.0527. The highest BCUT2D eigenvalue weighted by Crippen LogP contribution is 2.35. The molecule has 0 fully saturated rings. The van der Waals surface area contributed by atoms with E-state index in [0.717, 1.165) is 18.5 Å². The van der Waals surface area contributed by atoms with Crippen molar-refractivity contribution >= 4 is 17.5 Å². The first kappa shape index (κ1) is 14.9. The van der Waals surface area contributed by atoms with E-state index in [1.54, 1.807) is 12.2 Å². The minimum absolute atomic E-state index is 0.0501. The molecule has 22 heavy (non-hydrogen) atoms. The van der Waals surface area contributed by atoms with E-state index in [-0.39, 0.29) is 11.9 Å². The minimum atomic E-state index is -0.0501. The molecule has 112 valence electrons. The van der Waals surface area contributed by atoms with Gasteiger partial charge in [0, 0.05) is 11.6 Å². The Morgan fingerprint density at radius 1 is 1.18 bits per heavy atom. The van der Waals surface area contributed by atoms with Gasteiger partial charge in [-0.1, -0.05) is 54.1 Å². The second kappa shape index (κ2) is 6.37. The average Bonchev–Trinajstić information content (AvgIpc) is 2.55. The molecular formula is C19H18ClNO. The smallest absolute Gasteiger partial charge is 0.247 e. The van der Waals surface area contributed by atoms with Crippen LogP contribution >= 0.6 is 11.6 Å². The highest BCUT2D eigenvalue weighted by Gasteiger charge is 2.30. The molecule has 0 spiro atoms. The van der Waals surface area contributed by atoms with Crippen molar-refractivity contribution in [2.45, 2.75) is 19.4 Å². The maximum Gasteiger partial charge on any atom is 0.247 e. The fourth-order valence-corrected chi connectivity index (χ4v) is 3.17. The fourth-order valence-electron chi connectivity index (χ4n) is 3.05. The zero-order valence-corrected chi connectivity index (χ0v) is 13.3. The van der Waals surface area contributed by atoms with Crippen LogP contribution in [-0.2, 0) is 11.2 Å². The first-order valence-electron chi connectivity index (χ1n) is 7.47. The lowest BCUT2D eigenvalue weighted by atomic mass is 9.88. The highest BCUT2D eigenvalue weighted by atomic mass is 35.5. The van der Waals surface area contributed by atoms with Crippen LogP contribution in [0.3, 0.4) is 0 Å². The van der Waals surface area contributed by atoms with E-state index in [0.29, 0.717) is 5.02 Å². The number of carbonyl (C=O) groups is 1. The molecular weight excluding hydrogens is 294 g/mol. The molecule has 1 heterocycles. The molecule has 1 aliphatic rings. The maximum atomic E-state index is 12.5. The topological polar surface area (TPSA) is 20.3 Å². The van der Waals surface area contributed by atoms with Crippen molar-refractivity contribution in [3.05, 3.63) is 82.4 Å². The summed E-state index contributed by atoms with van der Waals surface area (Å²) in [4.78, 5) is 14.4. The summed E-state index contributed by atoms with van der Waals surface area (Å²) >= 11 is 6.01. The third-order valence-electron chi connectivity index (χ3n) is 4.06. The Bertz CT molecular complexity index is 706. The summed E-state index contributed by atoms with van der Waals surface area (Å²) < 4.78 is 0. The number of rotatable bonds is 2. The molecule has 2 aromatic carbocycles. The lowest BCUT2D eigenvalue weighted by Gasteiger charge is -2.37. The quantitative estimate of drug-likeness (QED) is 0.753. The Morgan fingerprint density at radius 2 is 1.91 bits per heavy atom. The maximum absolute atomic E-state index is 12.5. The summed E-state index contributed by atoms with van der Waals surface area (Å²) in [5.41, 5.74) is 3.61. The Morgan fingerprint density at radius 3 is 2.64 bits per heavy atom. The summed E-state index contributed by atoms with van der Waals surface area (Å²) in [6.07, 6.45) is 4.32. The Kier molecular flexibility index (Phi) is 4.30. The van der Waals surface area contributed by atoms with E-state index < -0.39 is 0 Å². The zero-order valence-electron chi connectivity index (χ0n) is 12.5. The molecule has 1 amide bonds. The number of benzene rings is 2. The van der Waals surface area contributed by atoms with Crippen molar-refractivity contribution in [1.82, 2.24) is 4.90 Å². The molecule has 0 saturated carbocycles. The molecule has 0 bridgehead atoms. The molecule has 2 aromatic rings. The molecule has 0 aliphatic carbocycles. The van der Waals surface area contributed by atoms with Crippen LogP contribution in [0, 0.1) is 0 Å². The minimum Gasteiger partial charge on any atom is -0.328 e. The molecule has 0 aromatic heterocycles. The van der Waals surface area contributed by atoms with Gasteiger partial charge in [0.15, 0.2) is 0 Å². The molecule has 3 heteroatoms. The summed E-state index contributed by atoms with van der Waals surface area (Å²) in [6, 6.07) is 16.1. The van der Waals surface area contributed by atoms with E-state index in [1.807, 2.05) is 42.2 Å². The van der Waals surface area contributed by atoms with E-state index >= 15 is 0 Å². The van der Waals surface area contributed by atoms with Gasteiger partial charge in [-0.05, 0) is 48.2 Å². The number of halogens is 1. The third kappa shape index (κ3) is 2.79. The van der Waals surface area contributed by atoms with E-state index in [4.69, 9.17) is 11.6 Å². The van der Waals surface area contributed by atoms with E-state index in [1.165, 1.54) is 11.1 Å². The van der Waals surface area contributed by atoms with E-state index in [9.17, 15) is 4.79 Å². The molecule has 1 aliphatic heterocycles. The predicted molar refractivity (Wildman–Crippen MR) is 90.0 cm³/mol. The van der Waals surface area contributed by atoms with Crippen molar-refractivity contribution in [3.8, 4) is 0 Å². The van der Waals surface area contributed by atoms with Gasteiger partial charge in [0.05, 0.1) is 6.04 Å². The number of allylic oxidation sites excluding steroid dienone is 1. The number of carbonyl (C=O) groups excluding carboxylic acids is 1. The largest absolute Gasteiger partial charge is 0.328 e. The molecule has 2 nitrogen and oxygen atoms in total. The normalized spacial score (nSPS) is 17.5. The first-order valence-corrected chi connectivity index (χ1v) is 7.85. The second-order valence-electron chi connectivity index (χ2n) is 5.43. The van der Waals surface area contributed by atoms with Crippen LogP contribution in [0.15, 0.2) is 60.7 Å². The molecule has 0 N–H and O–H groups in total. The fraction of sp³-hybridized carbons (Fsp3) is 0.211. The Balaban J connectivity index is 2.09. The van der Waals surface area contributed by atoms with Gasteiger partial charge in [-0.2, -0.15) is 0 Å². The van der Waals surface area contributed by atoms with Gasteiger partial charge < -0.3 is 4.90 Å². The number of hydrogen-bond acceptors (Lipinski definition) is 1. The van der Waals surface area contributed by atoms with Gasteiger partial charge >= 0.3 is 0 Å². The SMILES string of the molecule is C/C=C/C(=O)N1CCc2ccccc2[C@H]1c1ccc(Cl)cc1. The standard InChI is InChI=1S/C19H18ClNO/c1-2-5-18(22)21-13-12-14-6-3-4-7-17(14)19(21)15-8-10-16(20)11-9-15/h2-11,19H,12-13H2,1H3/b5-2+/t19-/m1/s1. The molecule has 1 atom stereocenters. The summed E-state index contributed by atoms with van der Waals surface area (Å²) in [7, 11) is 0. The predicted octanol–water partition coefficient (Wildman–Crippen LogP) is 4.39. The monoisotopic (exact) mass is 311 g/mol. The van der Waals surface area contributed by atoms with Crippen LogP contribution in [0.1, 0.15) is 29.7 Å². The highest BCUT2D eigenvalue weighted by molar-refractivity contribution is 6.30. The van der Waals surface area contributed by atoms with Gasteiger partial charge in [0.2, 0.25) is 5.91 Å². The number of nitrogens with zero attached hydrogens (tertiary/aromatic N) is 1. The van der Waals surface area contributed by atoms with Gasteiger partial charge in [-0.3, -0.25) is 4.79 Å². The summed E-state index contributed by atoms with van der Waals surface area (Å²) in [6.45, 7) is 2.60. The Hall–Kier alpha value is -2.06. The van der Waals surface area contributed by atoms with Gasteiger partial charge in [-0.25, -0.2) is 0 Å². The third-order valence-corrected chi connectivity index (χ3v) is 4.31. The van der Waals surface area contributed by atoms with Gasteiger partial charge in [0.25, 0.3) is 0 Å². The molecule has 3 rings (SSSR count). The second-order valence-corrected chi connectivity index (χ2v) is 5.87. The van der Waals surface area contributed by atoms with E-state index in [2.05, 4.69) is 18.2 Å². The van der Waals surface area contributed by atoms with Crippen LogP contribution in [0.25, 0.3) is 0 Å². The zero-order chi connectivity index (χ0) is 15.5. The molecule has 0 unspecified atom stereocenters. The van der Waals surface area contributed by atoms with Crippen molar-refractivity contribution in [2.24, 2.45) is 0 Å². The van der Waals surface area contributed by atoms with Crippen LogP contribution < -0.4 is 0 Å². The lowest BCUT2D eigenvalue weighted by Crippen LogP contribution is -2.39. The van der Waals surface area contributed by atoms with Crippen LogP contribution in [-0.4, -0.2) is 17.4 Å². The Labute approximate surface area is 136 Å². The first-order chi connectivity index (χ1) is 10.7. The molecule has 0 saturated heterocycles. The molecule has 0 radical (unpaired) electrons. The van der Waals surface area contributed by atoms with Crippen molar-refractivity contribution in [1.29, 1.82) is 0 Å². The van der Waals surface area contributed by atoms with Crippen LogP contribution in [0.4, 0.5) is 0 Å². The van der Waals surface area contributed by atoms with Crippen LogP contribution in [0.2, 0.25) is 5.02 Å². The van der Waals surface area contributed by atoms with Crippen LogP contribution in [0.5, 0.6) is 0 Å². The number of amides is 1.